The van der Waals surface area contributed by atoms with E-state index in [1.54, 1.807) is 0 Å². The lowest BCUT2D eigenvalue weighted by atomic mass is 10.1. The average Bonchev–Trinajstić information content (AvgIpc) is 2.53. The molecule has 4 heteroatoms. The third-order valence-corrected chi connectivity index (χ3v) is 2.89. The Hall–Kier alpha value is -2.33. The number of esters is 1. The standard InChI is InChI=1S/C16H17NO3/c1-19-16(18)14(17)11-20-15-10-6-5-9-13(15)12-7-3-2-4-8-12/h2-10,14H,11,17H2,1H3. The third-order valence-electron chi connectivity index (χ3n) is 2.89. The van der Waals surface area contributed by atoms with Crippen molar-refractivity contribution in [2.75, 3.05) is 13.7 Å². The van der Waals surface area contributed by atoms with Crippen molar-refractivity contribution in [3.63, 3.8) is 0 Å². The minimum atomic E-state index is -0.788. The Morgan fingerprint density at radius 3 is 2.45 bits per heavy atom. The summed E-state index contributed by atoms with van der Waals surface area (Å²) in [5, 5.41) is 0. The molecule has 0 aliphatic heterocycles. The van der Waals surface area contributed by atoms with Gasteiger partial charge in [-0.3, -0.25) is 4.79 Å². The number of hydrogen-bond acceptors (Lipinski definition) is 4. The van der Waals surface area contributed by atoms with Gasteiger partial charge in [-0.1, -0.05) is 48.5 Å². The Kier molecular flexibility index (Phi) is 4.74. The van der Waals surface area contributed by atoms with Gasteiger partial charge in [0.2, 0.25) is 0 Å². The molecule has 0 radical (unpaired) electrons. The van der Waals surface area contributed by atoms with Crippen LogP contribution in [0.1, 0.15) is 0 Å². The Labute approximate surface area is 118 Å². The average molecular weight is 271 g/mol. The maximum Gasteiger partial charge on any atom is 0.326 e. The zero-order valence-corrected chi connectivity index (χ0v) is 11.3. The number of rotatable bonds is 5. The highest BCUT2D eigenvalue weighted by Crippen LogP contribution is 2.29. The van der Waals surface area contributed by atoms with E-state index in [0.717, 1.165) is 11.1 Å². The van der Waals surface area contributed by atoms with Gasteiger partial charge in [0.25, 0.3) is 0 Å². The van der Waals surface area contributed by atoms with Crippen molar-refractivity contribution in [1.29, 1.82) is 0 Å². The summed E-state index contributed by atoms with van der Waals surface area (Å²) in [5.41, 5.74) is 7.68. The normalized spacial score (nSPS) is 11.7. The molecule has 2 rings (SSSR count). The molecule has 0 aliphatic carbocycles. The Balaban J connectivity index is 2.15. The molecule has 0 fully saturated rings. The predicted molar refractivity (Wildman–Crippen MR) is 77.4 cm³/mol. The first-order valence-electron chi connectivity index (χ1n) is 6.33. The maximum absolute atomic E-state index is 11.3. The number of carbonyl (C=O) groups excluding carboxylic acids is 1. The summed E-state index contributed by atoms with van der Waals surface area (Å²) in [6.07, 6.45) is 0. The van der Waals surface area contributed by atoms with Crippen molar-refractivity contribution in [2.45, 2.75) is 6.04 Å². The van der Waals surface area contributed by atoms with Gasteiger partial charge in [-0.15, -0.1) is 0 Å². The van der Waals surface area contributed by atoms with Crippen LogP contribution in [-0.2, 0) is 9.53 Å². The monoisotopic (exact) mass is 271 g/mol. The topological polar surface area (TPSA) is 61.5 Å². The van der Waals surface area contributed by atoms with Crippen molar-refractivity contribution in [2.24, 2.45) is 5.73 Å². The molecule has 0 spiro atoms. The van der Waals surface area contributed by atoms with Crippen LogP contribution in [-0.4, -0.2) is 25.7 Å². The van der Waals surface area contributed by atoms with Crippen LogP contribution in [0.25, 0.3) is 11.1 Å². The molecule has 1 atom stereocenters. The Morgan fingerprint density at radius 1 is 1.10 bits per heavy atom. The molecule has 20 heavy (non-hydrogen) atoms. The molecular formula is C16H17NO3. The number of nitrogens with two attached hydrogens (primary N) is 1. The lowest BCUT2D eigenvalue weighted by Gasteiger charge is -2.14. The number of ether oxygens (including phenoxy) is 2. The van der Waals surface area contributed by atoms with Gasteiger partial charge in [-0.05, 0) is 11.6 Å². The molecule has 0 aliphatic rings. The molecule has 0 saturated heterocycles. The molecule has 104 valence electrons. The van der Waals surface area contributed by atoms with E-state index in [0.29, 0.717) is 5.75 Å². The quantitative estimate of drug-likeness (QED) is 0.847. The second-order valence-electron chi connectivity index (χ2n) is 4.30. The highest BCUT2D eigenvalue weighted by Gasteiger charge is 2.15. The minimum Gasteiger partial charge on any atom is -0.491 e. The fraction of sp³-hybridized carbons (Fsp3) is 0.188. The summed E-state index contributed by atoms with van der Waals surface area (Å²) in [7, 11) is 1.31. The molecule has 2 aromatic carbocycles. The summed E-state index contributed by atoms with van der Waals surface area (Å²) in [4.78, 5) is 11.3. The van der Waals surface area contributed by atoms with E-state index in [9.17, 15) is 4.79 Å². The fourth-order valence-electron chi connectivity index (χ4n) is 1.85. The molecule has 0 saturated carbocycles. The van der Waals surface area contributed by atoms with Crippen molar-refractivity contribution in [3.05, 3.63) is 54.6 Å². The Morgan fingerprint density at radius 2 is 1.75 bits per heavy atom. The number of benzene rings is 2. The van der Waals surface area contributed by atoms with Gasteiger partial charge in [0.15, 0.2) is 0 Å². The van der Waals surface area contributed by atoms with Crippen LogP contribution in [0, 0.1) is 0 Å². The minimum absolute atomic E-state index is 0.0799. The molecule has 0 aromatic heterocycles. The lowest BCUT2D eigenvalue weighted by Crippen LogP contribution is -2.37. The van der Waals surface area contributed by atoms with E-state index in [1.165, 1.54) is 7.11 Å². The number of hydrogen-bond donors (Lipinski definition) is 1. The van der Waals surface area contributed by atoms with Crippen molar-refractivity contribution < 1.29 is 14.3 Å². The number of para-hydroxylation sites is 1. The van der Waals surface area contributed by atoms with Gasteiger partial charge in [0.1, 0.15) is 18.4 Å². The van der Waals surface area contributed by atoms with Gasteiger partial charge in [0, 0.05) is 5.56 Å². The summed E-state index contributed by atoms with van der Waals surface area (Å²) in [6, 6.07) is 16.7. The summed E-state index contributed by atoms with van der Waals surface area (Å²) in [6.45, 7) is 0.0799. The zero-order valence-electron chi connectivity index (χ0n) is 11.3. The van der Waals surface area contributed by atoms with Crippen molar-refractivity contribution in [1.82, 2.24) is 0 Å². The third kappa shape index (κ3) is 3.36. The zero-order chi connectivity index (χ0) is 14.4. The van der Waals surface area contributed by atoms with Crippen LogP contribution in [0.5, 0.6) is 5.75 Å². The second-order valence-corrected chi connectivity index (χ2v) is 4.30. The number of methoxy groups -OCH3 is 1. The summed E-state index contributed by atoms with van der Waals surface area (Å²) < 4.78 is 10.2. The first-order chi connectivity index (χ1) is 9.72. The highest BCUT2D eigenvalue weighted by atomic mass is 16.5. The van der Waals surface area contributed by atoms with Crippen LogP contribution in [0.4, 0.5) is 0 Å². The second kappa shape index (κ2) is 6.73. The van der Waals surface area contributed by atoms with E-state index in [4.69, 9.17) is 10.5 Å². The predicted octanol–water partition coefficient (Wildman–Crippen LogP) is 2.23. The van der Waals surface area contributed by atoms with Gasteiger partial charge in [-0.25, -0.2) is 0 Å². The SMILES string of the molecule is COC(=O)C(N)COc1ccccc1-c1ccccc1. The van der Waals surface area contributed by atoms with Crippen LogP contribution in [0.15, 0.2) is 54.6 Å². The first kappa shape index (κ1) is 14.1. The number of carbonyl (C=O) groups is 1. The molecule has 2 aromatic rings. The van der Waals surface area contributed by atoms with E-state index in [2.05, 4.69) is 4.74 Å². The van der Waals surface area contributed by atoms with E-state index in [-0.39, 0.29) is 6.61 Å². The van der Waals surface area contributed by atoms with Crippen LogP contribution in [0.3, 0.4) is 0 Å². The van der Waals surface area contributed by atoms with Crippen LogP contribution >= 0.6 is 0 Å². The molecule has 0 bridgehead atoms. The Bertz CT molecular complexity index is 569. The molecule has 0 amide bonds. The molecule has 2 N–H and O–H groups in total. The van der Waals surface area contributed by atoms with E-state index < -0.39 is 12.0 Å². The van der Waals surface area contributed by atoms with E-state index in [1.807, 2.05) is 54.6 Å². The fourth-order valence-corrected chi connectivity index (χ4v) is 1.85. The maximum atomic E-state index is 11.3. The van der Waals surface area contributed by atoms with Crippen molar-refractivity contribution in [3.8, 4) is 16.9 Å². The lowest BCUT2D eigenvalue weighted by molar-refractivity contribution is -0.142. The van der Waals surface area contributed by atoms with Gasteiger partial charge in [-0.2, -0.15) is 0 Å². The first-order valence-corrected chi connectivity index (χ1v) is 6.33. The largest absolute Gasteiger partial charge is 0.491 e. The summed E-state index contributed by atoms with van der Waals surface area (Å²) in [5.74, 6) is 0.209. The van der Waals surface area contributed by atoms with Gasteiger partial charge < -0.3 is 15.2 Å². The van der Waals surface area contributed by atoms with Crippen LogP contribution in [0.2, 0.25) is 0 Å². The van der Waals surface area contributed by atoms with Crippen molar-refractivity contribution >= 4 is 5.97 Å². The summed E-state index contributed by atoms with van der Waals surface area (Å²) >= 11 is 0. The smallest absolute Gasteiger partial charge is 0.326 e. The van der Waals surface area contributed by atoms with Gasteiger partial charge in [0.05, 0.1) is 7.11 Å². The molecular weight excluding hydrogens is 254 g/mol. The van der Waals surface area contributed by atoms with E-state index >= 15 is 0 Å². The van der Waals surface area contributed by atoms with Crippen LogP contribution < -0.4 is 10.5 Å². The molecule has 0 heterocycles. The molecule has 1 unspecified atom stereocenters. The molecule has 4 nitrogen and oxygen atoms in total. The van der Waals surface area contributed by atoms with Gasteiger partial charge >= 0.3 is 5.97 Å². The highest BCUT2D eigenvalue weighted by molar-refractivity contribution is 5.75.